The molecule has 0 aromatic heterocycles. The molecule has 0 bridgehead atoms. The number of rotatable bonds is 2. The van der Waals surface area contributed by atoms with E-state index < -0.39 is 5.41 Å². The summed E-state index contributed by atoms with van der Waals surface area (Å²) >= 11 is 0. The van der Waals surface area contributed by atoms with Crippen LogP contribution >= 0.6 is 0 Å². The van der Waals surface area contributed by atoms with E-state index in [1.165, 1.54) is 0 Å². The van der Waals surface area contributed by atoms with E-state index in [2.05, 4.69) is 19.9 Å². The highest BCUT2D eigenvalue weighted by Crippen LogP contribution is 2.32. The molecule has 1 heterocycles. The molecule has 0 aromatic carbocycles. The molecular formula is C14H24N2O. The van der Waals surface area contributed by atoms with Crippen molar-refractivity contribution in [2.45, 2.75) is 53.4 Å². The van der Waals surface area contributed by atoms with E-state index in [1.807, 2.05) is 11.8 Å². The lowest BCUT2D eigenvalue weighted by Crippen LogP contribution is -2.42. The Bertz CT molecular complexity index is 330. The molecule has 0 aromatic rings. The zero-order valence-electron chi connectivity index (χ0n) is 11.5. The van der Waals surface area contributed by atoms with Gasteiger partial charge in [-0.1, -0.05) is 20.8 Å². The highest BCUT2D eigenvalue weighted by Gasteiger charge is 2.36. The maximum Gasteiger partial charge on any atom is 0.242 e. The smallest absolute Gasteiger partial charge is 0.242 e. The van der Waals surface area contributed by atoms with Gasteiger partial charge in [0.25, 0.3) is 0 Å². The molecule has 1 amide bonds. The molecule has 0 radical (unpaired) electrons. The van der Waals surface area contributed by atoms with Crippen molar-refractivity contribution in [2.24, 2.45) is 10.8 Å². The van der Waals surface area contributed by atoms with Crippen LogP contribution in [0.1, 0.15) is 53.4 Å². The fourth-order valence-electron chi connectivity index (χ4n) is 2.25. The molecule has 1 aliphatic rings. The number of hydrogen-bond acceptors (Lipinski definition) is 2. The van der Waals surface area contributed by atoms with Crippen molar-refractivity contribution in [3.63, 3.8) is 0 Å². The van der Waals surface area contributed by atoms with E-state index in [9.17, 15) is 4.79 Å². The van der Waals surface area contributed by atoms with Gasteiger partial charge in [0.1, 0.15) is 5.41 Å². The predicted molar refractivity (Wildman–Crippen MR) is 68.2 cm³/mol. The minimum atomic E-state index is -0.839. The van der Waals surface area contributed by atoms with E-state index in [0.717, 1.165) is 32.4 Å². The average molecular weight is 236 g/mol. The van der Waals surface area contributed by atoms with Crippen molar-refractivity contribution >= 4 is 5.91 Å². The number of likely N-dealkylation sites (tertiary alicyclic amines) is 1. The third-order valence-electron chi connectivity index (χ3n) is 4.05. The highest BCUT2D eigenvalue weighted by atomic mass is 16.2. The summed E-state index contributed by atoms with van der Waals surface area (Å²) < 4.78 is 0. The molecule has 1 aliphatic heterocycles. The van der Waals surface area contributed by atoms with Gasteiger partial charge in [0.15, 0.2) is 0 Å². The highest BCUT2D eigenvalue weighted by molar-refractivity contribution is 5.85. The fraction of sp³-hybridized carbons (Fsp3) is 0.857. The number of nitrogens with zero attached hydrogens (tertiary/aromatic N) is 2. The van der Waals surface area contributed by atoms with Crippen LogP contribution in [-0.4, -0.2) is 23.9 Å². The summed E-state index contributed by atoms with van der Waals surface area (Å²) in [5.41, 5.74) is -0.515. The topological polar surface area (TPSA) is 44.1 Å². The average Bonchev–Trinajstić information content (AvgIpc) is 2.48. The van der Waals surface area contributed by atoms with Gasteiger partial charge < -0.3 is 4.90 Å². The Balaban J connectivity index is 2.75. The van der Waals surface area contributed by atoms with Gasteiger partial charge in [-0.2, -0.15) is 5.26 Å². The molecule has 3 nitrogen and oxygen atoms in total. The minimum Gasteiger partial charge on any atom is -0.341 e. The Kier molecular flexibility index (Phi) is 4.19. The molecule has 1 unspecified atom stereocenters. The Morgan fingerprint density at radius 3 is 2.59 bits per heavy atom. The number of amides is 1. The lowest BCUT2D eigenvalue weighted by molar-refractivity contribution is -0.138. The predicted octanol–water partition coefficient (Wildman–Crippen LogP) is 2.96. The van der Waals surface area contributed by atoms with Gasteiger partial charge in [-0.05, 0) is 38.0 Å². The van der Waals surface area contributed by atoms with Crippen LogP contribution in [0.4, 0.5) is 0 Å². The zero-order valence-corrected chi connectivity index (χ0v) is 11.5. The Morgan fingerprint density at radius 2 is 2.06 bits per heavy atom. The summed E-state index contributed by atoms with van der Waals surface area (Å²) in [5.74, 6) is 0.0141. The van der Waals surface area contributed by atoms with E-state index in [1.54, 1.807) is 6.92 Å². The maximum atomic E-state index is 12.3. The number of hydrogen-bond donors (Lipinski definition) is 0. The van der Waals surface area contributed by atoms with Crippen LogP contribution in [0.25, 0.3) is 0 Å². The van der Waals surface area contributed by atoms with Gasteiger partial charge in [-0.3, -0.25) is 4.79 Å². The second-order valence-electron chi connectivity index (χ2n) is 6.11. The monoisotopic (exact) mass is 236 g/mol. The summed E-state index contributed by atoms with van der Waals surface area (Å²) in [4.78, 5) is 14.2. The van der Waals surface area contributed by atoms with Crippen molar-refractivity contribution in [1.82, 2.24) is 4.90 Å². The first-order chi connectivity index (χ1) is 7.84. The SMILES string of the molecule is CCC(C)(C#N)C(=O)N1CCCC(C)(C)CC1. The molecule has 0 N–H and O–H groups in total. The van der Waals surface area contributed by atoms with Crippen LogP contribution in [-0.2, 0) is 4.79 Å². The lowest BCUT2D eigenvalue weighted by atomic mass is 9.85. The van der Waals surface area contributed by atoms with Crippen LogP contribution in [0, 0.1) is 22.2 Å². The van der Waals surface area contributed by atoms with Crippen LogP contribution in [0.5, 0.6) is 0 Å². The summed E-state index contributed by atoms with van der Waals surface area (Å²) in [5, 5.41) is 9.16. The Morgan fingerprint density at radius 1 is 1.41 bits per heavy atom. The normalized spacial score (nSPS) is 23.4. The number of carbonyl (C=O) groups excluding carboxylic acids is 1. The van der Waals surface area contributed by atoms with E-state index in [4.69, 9.17) is 5.26 Å². The quantitative estimate of drug-likeness (QED) is 0.740. The summed E-state index contributed by atoms with van der Waals surface area (Å²) in [6.07, 6.45) is 3.82. The molecule has 0 spiro atoms. The van der Waals surface area contributed by atoms with Crippen molar-refractivity contribution in [2.75, 3.05) is 13.1 Å². The summed E-state index contributed by atoms with van der Waals surface area (Å²) in [6.45, 7) is 9.77. The van der Waals surface area contributed by atoms with Crippen LogP contribution in [0.3, 0.4) is 0 Å². The zero-order chi connectivity index (χ0) is 13.1. The fourth-order valence-corrected chi connectivity index (χ4v) is 2.25. The second kappa shape index (κ2) is 5.08. The summed E-state index contributed by atoms with van der Waals surface area (Å²) in [6, 6.07) is 2.18. The Labute approximate surface area is 105 Å². The molecule has 0 saturated carbocycles. The first kappa shape index (κ1) is 14.0. The molecule has 1 saturated heterocycles. The molecule has 0 aliphatic carbocycles. The molecule has 96 valence electrons. The van der Waals surface area contributed by atoms with Crippen molar-refractivity contribution in [3.8, 4) is 6.07 Å². The van der Waals surface area contributed by atoms with E-state index in [-0.39, 0.29) is 5.91 Å². The molecule has 1 atom stereocenters. The van der Waals surface area contributed by atoms with E-state index >= 15 is 0 Å². The van der Waals surface area contributed by atoms with Gasteiger partial charge in [-0.25, -0.2) is 0 Å². The molecule has 1 rings (SSSR count). The van der Waals surface area contributed by atoms with Crippen LogP contribution < -0.4 is 0 Å². The third kappa shape index (κ3) is 3.21. The van der Waals surface area contributed by atoms with Gasteiger partial charge >= 0.3 is 0 Å². The van der Waals surface area contributed by atoms with Gasteiger partial charge in [0.05, 0.1) is 6.07 Å². The van der Waals surface area contributed by atoms with E-state index in [0.29, 0.717) is 11.8 Å². The minimum absolute atomic E-state index is 0.0141. The molecule has 17 heavy (non-hydrogen) atoms. The second-order valence-corrected chi connectivity index (χ2v) is 6.11. The summed E-state index contributed by atoms with van der Waals surface area (Å²) in [7, 11) is 0. The van der Waals surface area contributed by atoms with Gasteiger partial charge in [0, 0.05) is 13.1 Å². The first-order valence-electron chi connectivity index (χ1n) is 6.55. The van der Waals surface area contributed by atoms with Gasteiger partial charge in [0.2, 0.25) is 5.91 Å². The maximum absolute atomic E-state index is 12.3. The largest absolute Gasteiger partial charge is 0.341 e. The van der Waals surface area contributed by atoms with Crippen molar-refractivity contribution in [3.05, 3.63) is 0 Å². The standard InChI is InChI=1S/C14H24N2O/c1-5-14(4,11-15)12(17)16-9-6-7-13(2,3)8-10-16/h5-10H2,1-4H3. The number of carbonyl (C=O) groups is 1. The molecular weight excluding hydrogens is 212 g/mol. The molecule has 3 heteroatoms. The first-order valence-corrected chi connectivity index (χ1v) is 6.55. The lowest BCUT2D eigenvalue weighted by Gasteiger charge is -2.29. The van der Waals surface area contributed by atoms with Crippen molar-refractivity contribution < 1.29 is 4.79 Å². The van der Waals surface area contributed by atoms with Crippen LogP contribution in [0.2, 0.25) is 0 Å². The van der Waals surface area contributed by atoms with Crippen LogP contribution in [0.15, 0.2) is 0 Å². The Hall–Kier alpha value is -1.04. The van der Waals surface area contributed by atoms with Gasteiger partial charge in [-0.15, -0.1) is 0 Å². The molecule has 1 fully saturated rings. The van der Waals surface area contributed by atoms with Crippen molar-refractivity contribution in [1.29, 1.82) is 5.26 Å². The number of nitriles is 1. The third-order valence-corrected chi connectivity index (χ3v) is 4.05.